The Labute approximate surface area is 126 Å². The minimum atomic E-state index is -0.174. The van der Waals surface area contributed by atoms with Crippen LogP contribution in [0.15, 0.2) is 36.5 Å². The van der Waals surface area contributed by atoms with E-state index in [1.807, 2.05) is 35.0 Å². The Morgan fingerprint density at radius 3 is 2.38 bits per heavy atom. The molecule has 0 radical (unpaired) electrons. The lowest BCUT2D eigenvalue weighted by Gasteiger charge is -2.41. The van der Waals surface area contributed by atoms with Crippen LogP contribution in [0.3, 0.4) is 0 Å². The van der Waals surface area contributed by atoms with Gasteiger partial charge in [-0.25, -0.2) is 4.68 Å². The number of para-hydroxylation sites is 1. The first kappa shape index (κ1) is 15.7. The number of hydrogen-bond acceptors (Lipinski definition) is 4. The van der Waals surface area contributed by atoms with E-state index >= 15 is 0 Å². The Morgan fingerprint density at radius 2 is 1.81 bits per heavy atom. The molecule has 5 heteroatoms. The summed E-state index contributed by atoms with van der Waals surface area (Å²) in [5, 5.41) is 8.26. The highest BCUT2D eigenvalue weighted by Crippen LogP contribution is 2.29. The Balaban J connectivity index is 2.37. The number of hydrogen-bond donors (Lipinski definition) is 1. The summed E-state index contributed by atoms with van der Waals surface area (Å²) in [5.41, 5.74) is 8.31. The summed E-state index contributed by atoms with van der Waals surface area (Å²) in [6, 6.07) is 9.81. The fourth-order valence-corrected chi connectivity index (χ4v) is 2.82. The van der Waals surface area contributed by atoms with Gasteiger partial charge in [0.2, 0.25) is 0 Å². The molecule has 0 fully saturated rings. The van der Waals surface area contributed by atoms with Gasteiger partial charge in [0, 0.05) is 5.54 Å². The summed E-state index contributed by atoms with van der Waals surface area (Å²) in [4.78, 5) is 2.36. The van der Waals surface area contributed by atoms with Crippen molar-refractivity contribution in [3.63, 3.8) is 0 Å². The van der Waals surface area contributed by atoms with Crippen LogP contribution < -0.4 is 5.73 Å². The second kappa shape index (κ2) is 6.37. The molecule has 0 saturated carbocycles. The fraction of sp³-hybridized carbons (Fsp3) is 0.500. The standard InChI is InChI=1S/C16H25N5/c1-5-20(6-2)16(3,4)15(17)14-12-18-19-21(14)13-10-8-7-9-11-13/h7-12,15H,5-6,17H2,1-4H3. The van der Waals surface area contributed by atoms with Gasteiger partial charge in [-0.05, 0) is 39.1 Å². The Bertz CT molecular complexity index is 557. The van der Waals surface area contributed by atoms with Crippen molar-refractivity contribution in [1.29, 1.82) is 0 Å². The van der Waals surface area contributed by atoms with E-state index in [0.717, 1.165) is 24.5 Å². The molecule has 0 saturated heterocycles. The molecule has 2 rings (SSSR count). The smallest absolute Gasteiger partial charge is 0.0831 e. The fourth-order valence-electron chi connectivity index (χ4n) is 2.82. The average Bonchev–Trinajstić information content (AvgIpc) is 2.97. The van der Waals surface area contributed by atoms with Gasteiger partial charge in [0.15, 0.2) is 0 Å². The number of nitrogens with two attached hydrogens (primary N) is 1. The first-order valence-corrected chi connectivity index (χ1v) is 7.49. The highest BCUT2D eigenvalue weighted by Gasteiger charge is 2.34. The zero-order valence-electron chi connectivity index (χ0n) is 13.3. The van der Waals surface area contributed by atoms with E-state index in [0.29, 0.717) is 0 Å². The molecule has 2 aromatic rings. The molecule has 0 bridgehead atoms. The molecule has 0 spiro atoms. The van der Waals surface area contributed by atoms with Gasteiger partial charge in [0.25, 0.3) is 0 Å². The van der Waals surface area contributed by atoms with Crippen LogP contribution in [0.4, 0.5) is 0 Å². The lowest BCUT2D eigenvalue weighted by Crippen LogP contribution is -2.51. The second-order valence-electron chi connectivity index (χ2n) is 5.71. The molecule has 2 N–H and O–H groups in total. The van der Waals surface area contributed by atoms with Gasteiger partial charge in [0.1, 0.15) is 0 Å². The lowest BCUT2D eigenvalue weighted by molar-refractivity contribution is 0.104. The van der Waals surface area contributed by atoms with Gasteiger partial charge in [-0.2, -0.15) is 0 Å². The summed E-state index contributed by atoms with van der Waals surface area (Å²) < 4.78 is 1.83. The molecule has 1 aromatic carbocycles. The zero-order chi connectivity index (χ0) is 15.5. The van der Waals surface area contributed by atoms with Crippen molar-refractivity contribution in [2.45, 2.75) is 39.3 Å². The van der Waals surface area contributed by atoms with Crippen LogP contribution in [0.1, 0.15) is 39.4 Å². The Kier molecular flexibility index (Phi) is 4.75. The predicted molar refractivity (Wildman–Crippen MR) is 85.3 cm³/mol. The molecule has 5 nitrogen and oxygen atoms in total. The third-order valence-corrected chi connectivity index (χ3v) is 4.23. The first-order valence-electron chi connectivity index (χ1n) is 7.49. The first-order chi connectivity index (χ1) is 10.0. The van der Waals surface area contributed by atoms with E-state index in [2.05, 4.69) is 42.9 Å². The summed E-state index contributed by atoms with van der Waals surface area (Å²) in [6.45, 7) is 10.6. The third-order valence-electron chi connectivity index (χ3n) is 4.23. The van der Waals surface area contributed by atoms with Gasteiger partial charge in [-0.3, -0.25) is 4.90 Å². The molecule has 0 amide bonds. The number of likely N-dealkylation sites (N-methyl/N-ethyl adjacent to an activating group) is 1. The number of rotatable bonds is 6. The van der Waals surface area contributed by atoms with Crippen molar-refractivity contribution in [2.75, 3.05) is 13.1 Å². The van der Waals surface area contributed by atoms with Gasteiger partial charge < -0.3 is 5.73 Å². The molecule has 0 aliphatic carbocycles. The van der Waals surface area contributed by atoms with Crippen molar-refractivity contribution >= 4 is 0 Å². The molecule has 1 unspecified atom stereocenters. The van der Waals surface area contributed by atoms with Crippen molar-refractivity contribution in [2.24, 2.45) is 5.73 Å². The van der Waals surface area contributed by atoms with Crippen molar-refractivity contribution in [3.8, 4) is 5.69 Å². The Morgan fingerprint density at radius 1 is 1.19 bits per heavy atom. The van der Waals surface area contributed by atoms with Crippen LogP contribution in [0.2, 0.25) is 0 Å². The normalized spacial score (nSPS) is 13.6. The van der Waals surface area contributed by atoms with Gasteiger partial charge in [-0.15, -0.1) is 5.10 Å². The third kappa shape index (κ3) is 2.99. The molecule has 1 aromatic heterocycles. The highest BCUT2D eigenvalue weighted by atomic mass is 15.4. The summed E-state index contributed by atoms with van der Waals surface area (Å²) >= 11 is 0. The van der Waals surface area contributed by atoms with Crippen LogP contribution in [-0.2, 0) is 0 Å². The monoisotopic (exact) mass is 287 g/mol. The molecule has 114 valence electrons. The number of aromatic nitrogens is 3. The molecule has 1 heterocycles. The number of benzene rings is 1. The van der Waals surface area contributed by atoms with Crippen molar-refractivity contribution in [1.82, 2.24) is 19.9 Å². The topological polar surface area (TPSA) is 60.0 Å². The van der Waals surface area contributed by atoms with E-state index in [-0.39, 0.29) is 11.6 Å². The molecule has 0 aliphatic heterocycles. The minimum Gasteiger partial charge on any atom is -0.321 e. The Hall–Kier alpha value is -1.72. The van der Waals surface area contributed by atoms with E-state index in [1.54, 1.807) is 6.20 Å². The van der Waals surface area contributed by atoms with Crippen LogP contribution in [-0.4, -0.2) is 38.5 Å². The predicted octanol–water partition coefficient (Wildman–Crippen LogP) is 2.39. The van der Waals surface area contributed by atoms with Gasteiger partial charge >= 0.3 is 0 Å². The quantitative estimate of drug-likeness (QED) is 0.886. The molecule has 21 heavy (non-hydrogen) atoms. The molecular formula is C16H25N5. The molecule has 1 atom stereocenters. The second-order valence-corrected chi connectivity index (χ2v) is 5.71. The number of nitrogens with zero attached hydrogens (tertiary/aromatic N) is 4. The minimum absolute atomic E-state index is 0.169. The lowest BCUT2D eigenvalue weighted by atomic mass is 9.90. The van der Waals surface area contributed by atoms with E-state index < -0.39 is 0 Å². The van der Waals surface area contributed by atoms with E-state index in [9.17, 15) is 0 Å². The van der Waals surface area contributed by atoms with E-state index in [1.165, 1.54) is 0 Å². The average molecular weight is 287 g/mol. The summed E-state index contributed by atoms with van der Waals surface area (Å²) in [6.07, 6.45) is 1.77. The maximum absolute atomic E-state index is 6.56. The highest BCUT2D eigenvalue weighted by molar-refractivity contribution is 5.32. The van der Waals surface area contributed by atoms with Crippen LogP contribution in [0.25, 0.3) is 5.69 Å². The maximum atomic E-state index is 6.56. The van der Waals surface area contributed by atoms with Gasteiger partial charge in [-0.1, -0.05) is 37.3 Å². The zero-order valence-corrected chi connectivity index (χ0v) is 13.3. The SMILES string of the molecule is CCN(CC)C(C)(C)C(N)c1cnnn1-c1ccccc1. The van der Waals surface area contributed by atoms with Gasteiger partial charge in [0.05, 0.1) is 23.6 Å². The summed E-state index contributed by atoms with van der Waals surface area (Å²) in [5.74, 6) is 0. The largest absolute Gasteiger partial charge is 0.321 e. The van der Waals surface area contributed by atoms with Crippen LogP contribution >= 0.6 is 0 Å². The van der Waals surface area contributed by atoms with E-state index in [4.69, 9.17) is 5.73 Å². The molecular weight excluding hydrogens is 262 g/mol. The van der Waals surface area contributed by atoms with Crippen LogP contribution in [0, 0.1) is 0 Å². The molecule has 0 aliphatic rings. The van der Waals surface area contributed by atoms with Crippen molar-refractivity contribution < 1.29 is 0 Å². The maximum Gasteiger partial charge on any atom is 0.0831 e. The van der Waals surface area contributed by atoms with Crippen LogP contribution in [0.5, 0.6) is 0 Å². The summed E-state index contributed by atoms with van der Waals surface area (Å²) in [7, 11) is 0. The van der Waals surface area contributed by atoms with Crippen molar-refractivity contribution in [3.05, 3.63) is 42.2 Å².